The highest BCUT2D eigenvalue weighted by molar-refractivity contribution is 7.72. The fourth-order valence-corrected chi connectivity index (χ4v) is 8.07. The molecule has 286 valence electrons. The second-order valence-corrected chi connectivity index (χ2v) is 16.5. The molecule has 0 fully saturated rings. The Labute approximate surface area is 305 Å². The van der Waals surface area contributed by atoms with Crippen molar-refractivity contribution < 1.29 is 72.5 Å². The molecular formula is C34H36N3O15P2+. The van der Waals surface area contributed by atoms with Crippen molar-refractivity contribution in [1.29, 1.82) is 0 Å². The normalized spacial score (nSPS) is 13.9. The Morgan fingerprint density at radius 2 is 1.69 bits per heavy atom. The van der Waals surface area contributed by atoms with Crippen LogP contribution in [0.2, 0.25) is 0 Å². The summed E-state index contributed by atoms with van der Waals surface area (Å²) in [7, 11) is -11.4. The summed E-state index contributed by atoms with van der Waals surface area (Å²) >= 11 is 0. The first kappa shape index (κ1) is 40.2. The zero-order valence-corrected chi connectivity index (χ0v) is 29.9. The van der Waals surface area contributed by atoms with Crippen LogP contribution < -0.4 is 31.3 Å². The number of nitrogens with one attached hydrogen (secondary N) is 2. The Kier molecular flexibility index (Phi) is 11.7. The minimum absolute atomic E-state index is 0.0217. The summed E-state index contributed by atoms with van der Waals surface area (Å²) in [5.74, 6) is -2.45. The van der Waals surface area contributed by atoms with E-state index in [1.165, 1.54) is 59.4 Å². The van der Waals surface area contributed by atoms with E-state index in [4.69, 9.17) is 4.42 Å². The number of amides is 2. The average molecular weight is 789 g/mol. The minimum Gasteiger partial charge on any atom is -0.512 e. The quantitative estimate of drug-likeness (QED) is 0.0568. The molecule has 54 heavy (non-hydrogen) atoms. The Balaban J connectivity index is 1.21. The summed E-state index contributed by atoms with van der Waals surface area (Å²) in [5.41, 5.74) is 0.447. The van der Waals surface area contributed by atoms with Gasteiger partial charge < -0.3 is 55.1 Å². The van der Waals surface area contributed by atoms with Gasteiger partial charge in [-0.3, -0.25) is 23.5 Å². The third kappa shape index (κ3) is 8.67. The van der Waals surface area contributed by atoms with Gasteiger partial charge in [-0.15, -0.1) is 0 Å². The highest BCUT2D eigenvalue weighted by Crippen LogP contribution is 2.68. The van der Waals surface area contributed by atoms with Crippen LogP contribution in [0.25, 0.3) is 34.3 Å². The van der Waals surface area contributed by atoms with Crippen molar-refractivity contribution >= 4 is 44.8 Å². The Morgan fingerprint density at radius 3 is 2.37 bits per heavy atom. The van der Waals surface area contributed by atoms with Gasteiger partial charge in [-0.1, -0.05) is 6.07 Å². The highest BCUT2D eigenvalue weighted by atomic mass is 31.2. The first-order valence-corrected chi connectivity index (χ1v) is 19.4. The molecular weight excluding hydrogens is 752 g/mol. The number of rotatable bonds is 14. The molecule has 2 heterocycles. The lowest BCUT2D eigenvalue weighted by atomic mass is 9.89. The number of aliphatic hydroxyl groups excluding tert-OH is 2. The summed E-state index contributed by atoms with van der Waals surface area (Å²) in [6.07, 6.45) is 2.57. The van der Waals surface area contributed by atoms with Gasteiger partial charge in [0.15, 0.2) is 24.4 Å². The van der Waals surface area contributed by atoms with Crippen molar-refractivity contribution in [2.45, 2.75) is 43.4 Å². The van der Waals surface area contributed by atoms with Crippen LogP contribution >= 0.6 is 15.2 Å². The number of pyridine rings is 1. The molecule has 2 aliphatic carbocycles. The maximum absolute atomic E-state index is 13.0. The van der Waals surface area contributed by atoms with Gasteiger partial charge in [0.25, 0.3) is 11.0 Å². The van der Waals surface area contributed by atoms with Gasteiger partial charge in [0.2, 0.25) is 5.91 Å². The highest BCUT2D eigenvalue weighted by Gasteiger charge is 2.59. The van der Waals surface area contributed by atoms with Gasteiger partial charge in [0.1, 0.15) is 23.0 Å². The van der Waals surface area contributed by atoms with E-state index >= 15 is 0 Å². The van der Waals surface area contributed by atoms with E-state index in [0.29, 0.717) is 17.5 Å². The molecule has 0 bridgehead atoms. The molecule has 2 aromatic rings. The van der Waals surface area contributed by atoms with Crippen LogP contribution in [-0.4, -0.2) is 82.1 Å². The van der Waals surface area contributed by atoms with E-state index in [-0.39, 0.29) is 82.3 Å². The number of carbonyl (C=O) groups excluding carboxylic acids is 2. The van der Waals surface area contributed by atoms with E-state index in [1.54, 1.807) is 6.08 Å². The molecule has 1 aromatic heterocycles. The maximum atomic E-state index is 13.0. The molecule has 5 rings (SSSR count). The smallest absolute Gasteiger partial charge is 0.369 e. The fraction of sp³-hybridized carbons (Fsp3) is 0.265. The van der Waals surface area contributed by atoms with E-state index in [1.807, 2.05) is 0 Å². The van der Waals surface area contributed by atoms with E-state index < -0.39 is 50.6 Å². The molecule has 1 unspecified atom stereocenters. The molecule has 0 saturated heterocycles. The third-order valence-electron chi connectivity index (χ3n) is 8.61. The number of carbonyl (C=O) groups is 3. The van der Waals surface area contributed by atoms with Crippen molar-refractivity contribution in [3.63, 3.8) is 0 Å². The predicted molar refractivity (Wildman–Crippen MR) is 188 cm³/mol. The van der Waals surface area contributed by atoms with Crippen LogP contribution in [0.4, 0.5) is 0 Å². The second-order valence-electron chi connectivity index (χ2n) is 12.5. The molecule has 1 aliphatic heterocycles. The lowest BCUT2D eigenvalue weighted by Gasteiger charge is -2.28. The van der Waals surface area contributed by atoms with Gasteiger partial charge in [-0.05, 0) is 48.4 Å². The second kappa shape index (κ2) is 15.8. The number of carboxylic acids is 1. The maximum Gasteiger partial charge on any atom is 0.369 e. The van der Waals surface area contributed by atoms with Gasteiger partial charge in [-0.2, -0.15) is 0 Å². The van der Waals surface area contributed by atoms with Gasteiger partial charge in [-0.25, -0.2) is 9.36 Å². The van der Waals surface area contributed by atoms with Crippen LogP contribution in [0.1, 0.15) is 45.5 Å². The molecule has 18 nitrogen and oxygen atoms in total. The van der Waals surface area contributed by atoms with Crippen LogP contribution in [0.3, 0.4) is 0 Å². The summed E-state index contributed by atoms with van der Waals surface area (Å²) < 4.78 is 30.6. The van der Waals surface area contributed by atoms with Crippen LogP contribution in [-0.2, 0) is 26.9 Å². The molecule has 2 amide bonds. The number of fused-ring (bicyclic) bond motifs is 2. The Hall–Kier alpha value is -5.03. The zero-order valence-electron chi connectivity index (χ0n) is 28.2. The summed E-state index contributed by atoms with van der Waals surface area (Å²) in [6.45, 7) is -0.615. The molecule has 1 atom stereocenters. The number of aromatic nitrogens is 1. The van der Waals surface area contributed by atoms with Crippen molar-refractivity contribution in [2.75, 3.05) is 13.1 Å². The molecule has 20 heteroatoms. The van der Waals surface area contributed by atoms with E-state index in [9.17, 15) is 68.3 Å². The number of benzene rings is 2. The average Bonchev–Trinajstić information content (AvgIpc) is 3.08. The first-order chi connectivity index (χ1) is 25.3. The molecule has 1 aromatic carbocycles. The molecule has 0 radical (unpaired) electrons. The van der Waals surface area contributed by atoms with Crippen molar-refractivity contribution in [2.24, 2.45) is 0 Å². The first-order valence-electron chi connectivity index (χ1n) is 16.2. The van der Waals surface area contributed by atoms with E-state index in [2.05, 4.69) is 10.6 Å². The SMILES string of the molecule is O=C(CCNC(=O)c1ccc(-c2c3ccc(=O)cc-3oc3c2=C(O)CCC=3)c(C(=O)O)c1)NCC(O)C[n+]1cccc(CC(O)(P(=O)(O)O)P(=O)(O)O)c1. The van der Waals surface area contributed by atoms with E-state index in [0.717, 1.165) is 6.07 Å². The van der Waals surface area contributed by atoms with Crippen molar-refractivity contribution in [3.8, 4) is 22.5 Å². The van der Waals surface area contributed by atoms with Gasteiger partial charge >= 0.3 is 21.2 Å². The minimum atomic E-state index is -5.69. The lowest BCUT2D eigenvalue weighted by Crippen LogP contribution is -2.45. The Morgan fingerprint density at radius 1 is 0.981 bits per heavy atom. The standard InChI is InChI=1S/C34H35N3O15P2/c38-21-7-9-24-28(14-21)52-27-5-1-4-26(40)31(27)30(24)23-8-6-20(13-25(23)33(43)44)32(42)35-11-10-29(41)36-16-22(39)18-37-12-2-3-19(17-37)15-34(45,53(46,47)48)54(49,50)51/h2-3,5-9,12-14,17,22,39,45H,1,4,10-11,15-16,18H2,(H7-,35,36,38,40,41,42,43,44,46,47,48,49,50,51)/p+1. The number of nitrogens with zero attached hydrogens (tertiary/aromatic N) is 1. The van der Waals surface area contributed by atoms with Gasteiger partial charge in [0.05, 0.1) is 10.8 Å². The monoisotopic (exact) mass is 788 g/mol. The number of hydrogen-bond acceptors (Lipinski definition) is 10. The molecule has 0 spiro atoms. The number of aromatic carboxylic acids is 1. The van der Waals surface area contributed by atoms with Crippen LogP contribution in [0.15, 0.2) is 70.1 Å². The number of carboxylic acid groups (broad SMARTS) is 1. The van der Waals surface area contributed by atoms with Crippen LogP contribution in [0.5, 0.6) is 0 Å². The largest absolute Gasteiger partial charge is 0.512 e. The predicted octanol–water partition coefficient (Wildman–Crippen LogP) is -0.521. The summed E-state index contributed by atoms with van der Waals surface area (Å²) in [4.78, 5) is 87.6. The number of hydrogen-bond donors (Lipinski definition) is 10. The van der Waals surface area contributed by atoms with Crippen molar-refractivity contribution in [3.05, 3.63) is 98.5 Å². The van der Waals surface area contributed by atoms with Gasteiger partial charge in [0, 0.05) is 66.7 Å². The molecule has 10 N–H and O–H groups in total. The van der Waals surface area contributed by atoms with Crippen LogP contribution in [0, 0.1) is 0 Å². The zero-order chi connectivity index (χ0) is 39.6. The number of aliphatic hydroxyl groups is 3. The Bertz CT molecular complexity index is 2360. The molecule has 3 aliphatic rings. The third-order valence-corrected chi connectivity index (χ3v) is 12.4. The summed E-state index contributed by atoms with van der Waals surface area (Å²) in [5, 5.41) is 43.2. The van der Waals surface area contributed by atoms with Crippen molar-refractivity contribution in [1.82, 2.24) is 10.6 Å². The molecule has 0 saturated carbocycles. The fourth-order valence-electron chi connectivity index (χ4n) is 5.94. The topological polar surface area (TPSA) is 305 Å². The summed E-state index contributed by atoms with van der Waals surface area (Å²) in [6, 6.07) is 10.6. The lowest BCUT2D eigenvalue weighted by molar-refractivity contribution is -0.703.